The lowest BCUT2D eigenvalue weighted by molar-refractivity contribution is 0.0790. The van der Waals surface area contributed by atoms with Crippen LogP contribution in [0.25, 0.3) is 10.9 Å². The number of H-pyrrole nitrogens is 1. The first-order valence-electron chi connectivity index (χ1n) is 7.84. The fraction of sp³-hybridized carbons (Fsp3) is 0.211. The maximum Gasteiger partial charge on any atom is 0.255 e. The lowest BCUT2D eigenvalue weighted by Gasteiger charge is -2.17. The summed E-state index contributed by atoms with van der Waals surface area (Å²) in [5.74, 6) is 0.511. The fourth-order valence-corrected chi connectivity index (χ4v) is 3.89. The first-order valence-corrected chi connectivity index (χ1v) is 8.63. The van der Waals surface area contributed by atoms with Crippen LogP contribution in [0.1, 0.15) is 28.3 Å². The van der Waals surface area contributed by atoms with Crippen LogP contribution in [-0.4, -0.2) is 28.9 Å². The predicted molar refractivity (Wildman–Crippen MR) is 95.7 cm³/mol. The van der Waals surface area contributed by atoms with E-state index in [-0.39, 0.29) is 5.91 Å². The SMILES string of the molecule is O=C(c1ccccc1Br)N1CCC(c2c[nH]c3ccccc23)C1. The number of benzene rings is 2. The lowest BCUT2D eigenvalue weighted by Crippen LogP contribution is -2.28. The Labute approximate surface area is 143 Å². The Morgan fingerprint density at radius 2 is 1.91 bits per heavy atom. The fourth-order valence-electron chi connectivity index (χ4n) is 3.44. The van der Waals surface area contributed by atoms with E-state index in [9.17, 15) is 4.79 Å². The molecule has 1 saturated heterocycles. The number of fused-ring (bicyclic) bond motifs is 1. The smallest absolute Gasteiger partial charge is 0.255 e. The highest BCUT2D eigenvalue weighted by Gasteiger charge is 2.29. The van der Waals surface area contributed by atoms with Gasteiger partial charge in [-0.1, -0.05) is 30.3 Å². The highest BCUT2D eigenvalue weighted by Crippen LogP contribution is 2.33. The molecule has 23 heavy (non-hydrogen) atoms. The molecule has 1 atom stereocenters. The summed E-state index contributed by atoms with van der Waals surface area (Å²) in [7, 11) is 0. The topological polar surface area (TPSA) is 36.1 Å². The van der Waals surface area contributed by atoms with Crippen molar-refractivity contribution in [1.82, 2.24) is 9.88 Å². The second-order valence-corrected chi connectivity index (χ2v) is 6.86. The molecule has 2 aromatic carbocycles. The van der Waals surface area contributed by atoms with Gasteiger partial charge in [0.1, 0.15) is 0 Å². The third-order valence-electron chi connectivity index (χ3n) is 4.64. The number of aromatic amines is 1. The molecule has 1 fully saturated rings. The van der Waals surface area contributed by atoms with Gasteiger partial charge in [0, 0.05) is 40.6 Å². The standard InChI is InChI=1S/C19H17BrN2O/c20-17-7-3-1-6-15(17)19(23)22-10-9-13(12-22)16-11-21-18-8-4-2-5-14(16)18/h1-8,11,13,21H,9-10,12H2. The van der Waals surface area contributed by atoms with E-state index >= 15 is 0 Å². The number of aromatic nitrogens is 1. The number of carbonyl (C=O) groups is 1. The van der Waals surface area contributed by atoms with Gasteiger partial charge in [0.15, 0.2) is 0 Å². The van der Waals surface area contributed by atoms with Crippen LogP contribution in [0.2, 0.25) is 0 Å². The number of para-hydroxylation sites is 1. The molecule has 3 nitrogen and oxygen atoms in total. The molecule has 1 aliphatic heterocycles. The molecule has 0 spiro atoms. The molecule has 4 rings (SSSR count). The molecule has 0 radical (unpaired) electrons. The second-order valence-electron chi connectivity index (χ2n) is 6.01. The Balaban J connectivity index is 1.58. The number of hydrogen-bond donors (Lipinski definition) is 1. The van der Waals surface area contributed by atoms with Crippen molar-refractivity contribution in [1.29, 1.82) is 0 Å². The maximum atomic E-state index is 12.7. The summed E-state index contributed by atoms with van der Waals surface area (Å²) < 4.78 is 0.862. The van der Waals surface area contributed by atoms with Crippen LogP contribution in [0.15, 0.2) is 59.2 Å². The van der Waals surface area contributed by atoms with E-state index < -0.39 is 0 Å². The van der Waals surface area contributed by atoms with Gasteiger partial charge in [-0.2, -0.15) is 0 Å². The summed E-state index contributed by atoms with van der Waals surface area (Å²) in [5.41, 5.74) is 3.23. The van der Waals surface area contributed by atoms with Crippen molar-refractivity contribution in [2.75, 3.05) is 13.1 Å². The van der Waals surface area contributed by atoms with Crippen LogP contribution in [-0.2, 0) is 0 Å². The van der Waals surface area contributed by atoms with Crippen LogP contribution >= 0.6 is 15.9 Å². The van der Waals surface area contributed by atoms with E-state index in [2.05, 4.69) is 45.3 Å². The van der Waals surface area contributed by atoms with Gasteiger partial charge in [-0.25, -0.2) is 0 Å². The van der Waals surface area contributed by atoms with Crippen molar-refractivity contribution < 1.29 is 4.79 Å². The summed E-state index contributed by atoms with van der Waals surface area (Å²) in [5, 5.41) is 1.27. The predicted octanol–water partition coefficient (Wildman–Crippen LogP) is 4.56. The number of amides is 1. The van der Waals surface area contributed by atoms with E-state index in [4.69, 9.17) is 0 Å². The van der Waals surface area contributed by atoms with Crippen molar-refractivity contribution >= 4 is 32.7 Å². The summed E-state index contributed by atoms with van der Waals surface area (Å²) in [4.78, 5) is 18.0. The minimum atomic E-state index is 0.111. The molecule has 1 N–H and O–H groups in total. The average molecular weight is 369 g/mol. The molecule has 1 amide bonds. The van der Waals surface area contributed by atoms with E-state index in [1.165, 1.54) is 10.9 Å². The monoisotopic (exact) mass is 368 g/mol. The number of hydrogen-bond acceptors (Lipinski definition) is 1. The number of nitrogens with one attached hydrogen (secondary N) is 1. The molecule has 116 valence electrons. The van der Waals surface area contributed by atoms with Crippen molar-refractivity contribution in [3.05, 3.63) is 70.3 Å². The summed E-state index contributed by atoms with van der Waals surface area (Å²) in [6.07, 6.45) is 3.11. The van der Waals surface area contributed by atoms with Crippen molar-refractivity contribution in [3.8, 4) is 0 Å². The first-order chi connectivity index (χ1) is 11.2. The molecule has 0 saturated carbocycles. The van der Waals surface area contributed by atoms with E-state index in [0.717, 1.165) is 35.1 Å². The van der Waals surface area contributed by atoms with Gasteiger partial charge >= 0.3 is 0 Å². The number of likely N-dealkylation sites (tertiary alicyclic amines) is 1. The molecular weight excluding hydrogens is 352 g/mol. The minimum absolute atomic E-state index is 0.111. The third kappa shape index (κ3) is 2.57. The summed E-state index contributed by atoms with van der Waals surface area (Å²) >= 11 is 3.48. The van der Waals surface area contributed by atoms with E-state index in [1.54, 1.807) is 0 Å². The van der Waals surface area contributed by atoms with E-state index in [1.807, 2.05) is 35.2 Å². The van der Waals surface area contributed by atoms with Crippen LogP contribution in [0.3, 0.4) is 0 Å². The molecule has 3 aromatic rings. The van der Waals surface area contributed by atoms with Gasteiger partial charge in [-0.05, 0) is 46.1 Å². The molecular formula is C19H17BrN2O. The number of rotatable bonds is 2. The molecule has 2 heterocycles. The normalized spacial score (nSPS) is 17.8. The van der Waals surface area contributed by atoms with Gasteiger partial charge in [0.05, 0.1) is 5.56 Å². The maximum absolute atomic E-state index is 12.7. The number of halogens is 1. The average Bonchev–Trinajstić information content (AvgIpc) is 3.21. The molecule has 4 heteroatoms. The van der Waals surface area contributed by atoms with Gasteiger partial charge < -0.3 is 9.88 Å². The highest BCUT2D eigenvalue weighted by molar-refractivity contribution is 9.10. The van der Waals surface area contributed by atoms with Gasteiger partial charge in [0.2, 0.25) is 0 Å². The largest absolute Gasteiger partial charge is 0.361 e. The molecule has 0 bridgehead atoms. The second kappa shape index (κ2) is 5.85. The third-order valence-corrected chi connectivity index (χ3v) is 5.33. The Bertz CT molecular complexity index is 870. The van der Waals surface area contributed by atoms with Gasteiger partial charge in [0.25, 0.3) is 5.91 Å². The number of carbonyl (C=O) groups excluding carboxylic acids is 1. The van der Waals surface area contributed by atoms with Crippen molar-refractivity contribution in [2.45, 2.75) is 12.3 Å². The minimum Gasteiger partial charge on any atom is -0.361 e. The Kier molecular flexibility index (Phi) is 3.69. The Hall–Kier alpha value is -2.07. The molecule has 0 aliphatic carbocycles. The summed E-state index contributed by atoms with van der Waals surface area (Å²) in [6, 6.07) is 16.0. The zero-order chi connectivity index (χ0) is 15.8. The zero-order valence-corrected chi connectivity index (χ0v) is 14.2. The molecule has 1 unspecified atom stereocenters. The van der Waals surface area contributed by atoms with Crippen molar-refractivity contribution in [3.63, 3.8) is 0 Å². The quantitative estimate of drug-likeness (QED) is 0.706. The Morgan fingerprint density at radius 1 is 1.13 bits per heavy atom. The zero-order valence-electron chi connectivity index (χ0n) is 12.6. The lowest BCUT2D eigenvalue weighted by atomic mass is 9.98. The van der Waals surface area contributed by atoms with E-state index in [0.29, 0.717) is 5.92 Å². The number of nitrogens with zero attached hydrogens (tertiary/aromatic N) is 1. The van der Waals surface area contributed by atoms with Gasteiger partial charge in [-0.3, -0.25) is 4.79 Å². The van der Waals surface area contributed by atoms with Crippen LogP contribution in [0, 0.1) is 0 Å². The van der Waals surface area contributed by atoms with Crippen LogP contribution < -0.4 is 0 Å². The van der Waals surface area contributed by atoms with Gasteiger partial charge in [-0.15, -0.1) is 0 Å². The first kappa shape index (κ1) is 14.5. The highest BCUT2D eigenvalue weighted by atomic mass is 79.9. The van der Waals surface area contributed by atoms with Crippen molar-refractivity contribution in [2.24, 2.45) is 0 Å². The Morgan fingerprint density at radius 3 is 2.78 bits per heavy atom. The molecule has 1 aromatic heterocycles. The van der Waals surface area contributed by atoms with Crippen LogP contribution in [0.4, 0.5) is 0 Å². The summed E-state index contributed by atoms with van der Waals surface area (Å²) in [6.45, 7) is 1.59. The van der Waals surface area contributed by atoms with Crippen LogP contribution in [0.5, 0.6) is 0 Å². The molecule has 1 aliphatic rings.